The summed E-state index contributed by atoms with van der Waals surface area (Å²) in [4.78, 5) is 27.5. The first-order valence-electron chi connectivity index (χ1n) is 6.31. The number of likely N-dealkylation sites (tertiary alicyclic amines) is 1. The van der Waals surface area contributed by atoms with E-state index in [1.165, 1.54) is 18.2 Å². The lowest BCUT2D eigenvalue weighted by molar-refractivity contribution is 0.0697. The molecule has 2 heterocycles. The van der Waals surface area contributed by atoms with Crippen LogP contribution >= 0.6 is 0 Å². The fourth-order valence-corrected chi connectivity index (χ4v) is 3.10. The van der Waals surface area contributed by atoms with Gasteiger partial charge in [-0.15, -0.1) is 0 Å². The first kappa shape index (κ1) is 14.7. The molecule has 20 heavy (non-hydrogen) atoms. The Morgan fingerprint density at radius 3 is 2.85 bits per heavy atom. The van der Waals surface area contributed by atoms with Crippen LogP contribution < -0.4 is 10.3 Å². The Balaban J connectivity index is 2.09. The van der Waals surface area contributed by atoms with Gasteiger partial charge in [0.15, 0.2) is 0 Å². The fourth-order valence-electron chi connectivity index (χ4n) is 2.30. The molecule has 1 aliphatic heterocycles. The average molecular weight is 299 g/mol. The third-order valence-corrected chi connectivity index (χ3v) is 3.85. The van der Waals surface area contributed by atoms with Gasteiger partial charge >= 0.3 is 0 Å². The molecule has 1 aromatic rings. The monoisotopic (exact) mass is 299 g/mol. The van der Waals surface area contributed by atoms with Gasteiger partial charge in [0, 0.05) is 25.2 Å². The van der Waals surface area contributed by atoms with Crippen molar-refractivity contribution < 1.29 is 13.2 Å². The van der Waals surface area contributed by atoms with Crippen LogP contribution in [0.1, 0.15) is 23.3 Å². The van der Waals surface area contributed by atoms with Crippen molar-refractivity contribution in [2.75, 3.05) is 19.3 Å². The van der Waals surface area contributed by atoms with Crippen molar-refractivity contribution in [1.29, 1.82) is 0 Å². The molecule has 1 aromatic heterocycles. The minimum atomic E-state index is -3.29. The zero-order valence-corrected chi connectivity index (χ0v) is 11.9. The number of pyridine rings is 1. The topological polar surface area (TPSA) is 99.3 Å². The van der Waals surface area contributed by atoms with Gasteiger partial charge in [0.25, 0.3) is 5.91 Å². The first-order chi connectivity index (χ1) is 9.35. The number of H-pyrrole nitrogens is 1. The van der Waals surface area contributed by atoms with Crippen molar-refractivity contribution in [2.45, 2.75) is 18.9 Å². The van der Waals surface area contributed by atoms with Crippen LogP contribution in [0.2, 0.25) is 0 Å². The quantitative estimate of drug-likeness (QED) is 0.788. The average Bonchev–Trinajstić information content (AvgIpc) is 2.36. The van der Waals surface area contributed by atoms with Gasteiger partial charge in [-0.1, -0.05) is 6.07 Å². The largest absolute Gasteiger partial charge is 0.336 e. The summed E-state index contributed by atoms with van der Waals surface area (Å²) in [5, 5.41) is 0. The molecule has 1 unspecified atom stereocenters. The van der Waals surface area contributed by atoms with Crippen LogP contribution in [0.15, 0.2) is 23.0 Å². The van der Waals surface area contributed by atoms with Gasteiger partial charge in [-0.05, 0) is 18.9 Å². The smallest absolute Gasteiger partial charge is 0.270 e. The number of rotatable bonds is 3. The minimum Gasteiger partial charge on any atom is -0.336 e. The highest BCUT2D eigenvalue weighted by atomic mass is 32.2. The Labute approximate surface area is 117 Å². The number of nitrogens with one attached hydrogen (secondary N) is 2. The van der Waals surface area contributed by atoms with E-state index in [0.29, 0.717) is 19.5 Å². The van der Waals surface area contributed by atoms with Crippen molar-refractivity contribution in [2.24, 2.45) is 0 Å². The van der Waals surface area contributed by atoms with E-state index < -0.39 is 10.0 Å². The highest BCUT2D eigenvalue weighted by molar-refractivity contribution is 7.88. The number of nitrogens with zero attached hydrogens (tertiary/aromatic N) is 1. The summed E-state index contributed by atoms with van der Waals surface area (Å²) in [6.07, 6.45) is 2.51. The zero-order chi connectivity index (χ0) is 14.8. The third-order valence-electron chi connectivity index (χ3n) is 3.09. The minimum absolute atomic E-state index is 0.220. The fraction of sp³-hybridized carbons (Fsp3) is 0.500. The van der Waals surface area contributed by atoms with Crippen molar-refractivity contribution in [3.8, 4) is 0 Å². The van der Waals surface area contributed by atoms with Crippen LogP contribution in [0.3, 0.4) is 0 Å². The third kappa shape index (κ3) is 3.91. The van der Waals surface area contributed by atoms with Crippen molar-refractivity contribution in [1.82, 2.24) is 14.6 Å². The number of aromatic nitrogens is 1. The maximum absolute atomic E-state index is 12.2. The normalized spacial score (nSPS) is 19.9. The van der Waals surface area contributed by atoms with Crippen molar-refractivity contribution in [3.63, 3.8) is 0 Å². The molecule has 1 fully saturated rings. The second-order valence-corrected chi connectivity index (χ2v) is 6.69. The molecular formula is C12H17N3O4S. The summed E-state index contributed by atoms with van der Waals surface area (Å²) in [6.45, 7) is 0.862. The molecule has 110 valence electrons. The van der Waals surface area contributed by atoms with Gasteiger partial charge in [-0.25, -0.2) is 13.1 Å². The molecule has 0 saturated carbocycles. The van der Waals surface area contributed by atoms with Crippen LogP contribution in [0.4, 0.5) is 0 Å². The number of carbonyl (C=O) groups excluding carboxylic acids is 1. The molecule has 2 rings (SSSR count). The molecule has 8 heteroatoms. The van der Waals surface area contributed by atoms with E-state index in [4.69, 9.17) is 0 Å². The number of hydrogen-bond acceptors (Lipinski definition) is 4. The Hall–Kier alpha value is -1.67. The second-order valence-electron chi connectivity index (χ2n) is 4.91. The molecular weight excluding hydrogens is 282 g/mol. The summed E-state index contributed by atoms with van der Waals surface area (Å²) >= 11 is 0. The van der Waals surface area contributed by atoms with Crippen molar-refractivity contribution in [3.05, 3.63) is 34.2 Å². The molecule has 0 aliphatic carbocycles. The van der Waals surface area contributed by atoms with Crippen molar-refractivity contribution >= 4 is 15.9 Å². The lowest BCUT2D eigenvalue weighted by atomic mass is 10.1. The van der Waals surface area contributed by atoms with E-state index in [9.17, 15) is 18.0 Å². The highest BCUT2D eigenvalue weighted by Gasteiger charge is 2.26. The first-order valence-corrected chi connectivity index (χ1v) is 8.20. The van der Waals surface area contributed by atoms with Gasteiger partial charge < -0.3 is 9.88 Å². The summed E-state index contributed by atoms with van der Waals surface area (Å²) in [5.74, 6) is -0.289. The highest BCUT2D eigenvalue weighted by Crippen LogP contribution is 2.13. The summed E-state index contributed by atoms with van der Waals surface area (Å²) in [5.41, 5.74) is -0.115. The zero-order valence-electron chi connectivity index (χ0n) is 11.1. The van der Waals surface area contributed by atoms with Gasteiger partial charge in [-0.2, -0.15) is 0 Å². The standard InChI is InChI=1S/C12H17N3O4S/c1-20(18,19)14-9-4-3-7-15(8-9)12(17)10-5-2-6-11(16)13-10/h2,5-6,9,14H,3-4,7-8H2,1H3,(H,13,16). The number of aromatic amines is 1. The number of sulfonamides is 1. The summed E-state index contributed by atoms with van der Waals surface area (Å²) in [6, 6.07) is 4.11. The van der Waals surface area contributed by atoms with Gasteiger partial charge in [0.1, 0.15) is 5.69 Å². The lowest BCUT2D eigenvalue weighted by Gasteiger charge is -2.32. The van der Waals surface area contributed by atoms with Gasteiger partial charge in [-0.3, -0.25) is 9.59 Å². The summed E-state index contributed by atoms with van der Waals surface area (Å²) in [7, 11) is -3.29. The second kappa shape index (κ2) is 5.76. The number of carbonyl (C=O) groups is 1. The Kier molecular flexibility index (Phi) is 4.24. The molecule has 1 aliphatic rings. The van der Waals surface area contributed by atoms with Gasteiger partial charge in [0.05, 0.1) is 6.26 Å². The maximum atomic E-state index is 12.2. The van der Waals surface area contributed by atoms with Crippen LogP contribution in [0.25, 0.3) is 0 Å². The van der Waals surface area contributed by atoms with E-state index >= 15 is 0 Å². The molecule has 0 aromatic carbocycles. The number of piperidine rings is 1. The predicted molar refractivity (Wildman–Crippen MR) is 74.0 cm³/mol. The Morgan fingerprint density at radius 2 is 2.20 bits per heavy atom. The van der Waals surface area contributed by atoms with E-state index in [1.807, 2.05) is 0 Å². The number of hydrogen-bond donors (Lipinski definition) is 2. The molecule has 1 atom stereocenters. The SMILES string of the molecule is CS(=O)(=O)NC1CCCN(C(=O)c2cccc(=O)[nH]2)C1. The Morgan fingerprint density at radius 1 is 1.45 bits per heavy atom. The lowest BCUT2D eigenvalue weighted by Crippen LogP contribution is -2.49. The molecule has 7 nitrogen and oxygen atoms in total. The molecule has 2 N–H and O–H groups in total. The molecule has 1 saturated heterocycles. The van der Waals surface area contributed by atoms with Gasteiger partial charge in [0.2, 0.25) is 15.6 Å². The van der Waals surface area contributed by atoms with Crippen LogP contribution in [0, 0.1) is 0 Å². The van der Waals surface area contributed by atoms with Crippen LogP contribution in [-0.4, -0.2) is 49.6 Å². The molecule has 0 spiro atoms. The van der Waals surface area contributed by atoms with E-state index in [2.05, 4.69) is 9.71 Å². The van der Waals surface area contributed by atoms with Crippen LogP contribution in [-0.2, 0) is 10.0 Å². The maximum Gasteiger partial charge on any atom is 0.270 e. The summed E-state index contributed by atoms with van der Waals surface area (Å²) < 4.78 is 25.0. The molecule has 1 amide bonds. The van der Waals surface area contributed by atoms with E-state index in [1.54, 1.807) is 4.90 Å². The van der Waals surface area contributed by atoms with Crippen LogP contribution in [0.5, 0.6) is 0 Å². The van der Waals surface area contributed by atoms with E-state index in [0.717, 1.165) is 12.7 Å². The Bertz CT molecular complexity index is 653. The molecule has 0 radical (unpaired) electrons. The molecule has 0 bridgehead atoms. The number of amides is 1. The van der Waals surface area contributed by atoms with E-state index in [-0.39, 0.29) is 23.2 Å². The predicted octanol–water partition coefficient (Wildman–Crippen LogP) is -0.471.